The first kappa shape index (κ1) is 17.7. The zero-order valence-corrected chi connectivity index (χ0v) is 14.6. The number of hydrogen-bond donors (Lipinski definition) is 2. The summed E-state index contributed by atoms with van der Waals surface area (Å²) in [4.78, 5) is 15.5. The summed E-state index contributed by atoms with van der Waals surface area (Å²) in [6.45, 7) is 0.593. The molecule has 1 aromatic heterocycles. The summed E-state index contributed by atoms with van der Waals surface area (Å²) < 4.78 is 42.9. The molecule has 142 valence electrons. The predicted molar refractivity (Wildman–Crippen MR) is 87.9 cm³/mol. The summed E-state index contributed by atoms with van der Waals surface area (Å²) >= 11 is 5.76. The number of nitrogens with one attached hydrogen (secondary N) is 2. The Morgan fingerprint density at radius 2 is 1.96 bits per heavy atom. The molecule has 1 aromatic rings. The predicted octanol–water partition coefficient (Wildman–Crippen LogP) is 3.48. The van der Waals surface area contributed by atoms with Crippen LogP contribution in [0.5, 0.6) is 5.88 Å². The summed E-state index contributed by atoms with van der Waals surface area (Å²) in [6.07, 6.45) is -0.811. The number of carbonyl (C=O) groups excluding carboxylic acids is 1. The van der Waals surface area contributed by atoms with Crippen LogP contribution in [0.4, 0.5) is 18.0 Å². The maximum absolute atomic E-state index is 12.5. The first-order valence-electron chi connectivity index (χ1n) is 8.74. The Balaban J connectivity index is 1.15. The van der Waals surface area contributed by atoms with Crippen molar-refractivity contribution in [1.29, 1.82) is 0 Å². The van der Waals surface area contributed by atoms with Gasteiger partial charge in [0.1, 0.15) is 5.02 Å². The molecule has 2 N–H and O–H groups in total. The maximum Gasteiger partial charge on any atom is 0.417 e. The molecule has 0 spiro atoms. The summed E-state index contributed by atoms with van der Waals surface area (Å²) in [5.74, 6) is 3.01. The van der Waals surface area contributed by atoms with Crippen molar-refractivity contribution in [2.24, 2.45) is 23.7 Å². The van der Waals surface area contributed by atoms with Crippen LogP contribution < -0.4 is 15.4 Å². The lowest BCUT2D eigenvalue weighted by Crippen LogP contribution is -2.44. The van der Waals surface area contributed by atoms with E-state index in [9.17, 15) is 18.0 Å². The highest BCUT2D eigenvalue weighted by Crippen LogP contribution is 2.69. The van der Waals surface area contributed by atoms with Gasteiger partial charge in [0.25, 0.3) is 0 Å². The molecule has 1 heterocycles. The quantitative estimate of drug-likeness (QED) is 0.732. The molecule has 0 radical (unpaired) electrons. The molecule has 3 aliphatic carbocycles. The van der Waals surface area contributed by atoms with E-state index in [1.807, 2.05) is 0 Å². The summed E-state index contributed by atoms with van der Waals surface area (Å²) in [5.41, 5.74) is -0.920. The van der Waals surface area contributed by atoms with E-state index >= 15 is 0 Å². The number of urea groups is 1. The number of halogens is 4. The van der Waals surface area contributed by atoms with E-state index in [1.165, 1.54) is 12.8 Å². The molecule has 0 bridgehead atoms. The van der Waals surface area contributed by atoms with Crippen molar-refractivity contribution in [1.82, 2.24) is 15.6 Å². The van der Waals surface area contributed by atoms with E-state index in [-0.39, 0.29) is 23.5 Å². The molecule has 26 heavy (non-hydrogen) atoms. The molecule has 2 amide bonds. The van der Waals surface area contributed by atoms with Crippen LogP contribution in [0, 0.1) is 23.7 Å². The molecule has 0 aliphatic heterocycles. The largest absolute Gasteiger partial charge is 0.477 e. The minimum atomic E-state index is -4.49. The van der Waals surface area contributed by atoms with E-state index in [2.05, 4.69) is 15.6 Å². The Labute approximate surface area is 153 Å². The van der Waals surface area contributed by atoms with Gasteiger partial charge in [-0.15, -0.1) is 0 Å². The Morgan fingerprint density at radius 3 is 2.58 bits per heavy atom. The number of alkyl halides is 3. The van der Waals surface area contributed by atoms with Crippen LogP contribution in [0.25, 0.3) is 0 Å². The number of ether oxygens (including phenoxy) is 1. The second-order valence-electron chi connectivity index (χ2n) is 7.26. The van der Waals surface area contributed by atoms with Gasteiger partial charge in [-0.05, 0) is 49.0 Å². The zero-order valence-electron chi connectivity index (χ0n) is 13.9. The van der Waals surface area contributed by atoms with Crippen LogP contribution in [-0.4, -0.2) is 30.2 Å². The SMILES string of the molecule is O=C(NCCCOc1ncc(C(F)(F)F)cc1Cl)NC1[C@@H]2C[C@@H]2[C@H]2C[C@@H]12. The van der Waals surface area contributed by atoms with Crippen molar-refractivity contribution in [3.8, 4) is 5.88 Å². The van der Waals surface area contributed by atoms with E-state index in [0.29, 0.717) is 37.0 Å². The molecule has 5 nitrogen and oxygen atoms in total. The van der Waals surface area contributed by atoms with Gasteiger partial charge in [0.05, 0.1) is 12.2 Å². The lowest BCUT2D eigenvalue weighted by molar-refractivity contribution is -0.137. The fraction of sp³-hybridized carbons (Fsp3) is 0.647. The summed E-state index contributed by atoms with van der Waals surface area (Å²) in [6, 6.07) is 0.947. The van der Waals surface area contributed by atoms with Crippen LogP contribution in [0.1, 0.15) is 24.8 Å². The highest BCUT2D eigenvalue weighted by atomic mass is 35.5. The van der Waals surface area contributed by atoms with Crippen LogP contribution in [-0.2, 0) is 6.18 Å². The van der Waals surface area contributed by atoms with E-state index in [0.717, 1.165) is 17.9 Å². The second-order valence-corrected chi connectivity index (χ2v) is 7.67. The van der Waals surface area contributed by atoms with Crippen molar-refractivity contribution >= 4 is 17.6 Å². The molecule has 0 aromatic carbocycles. The average molecular weight is 390 g/mol. The molecular weight excluding hydrogens is 371 g/mol. The Kier molecular flexibility index (Phi) is 4.41. The number of amides is 2. The summed E-state index contributed by atoms with van der Waals surface area (Å²) in [5, 5.41) is 5.66. The van der Waals surface area contributed by atoms with Crippen LogP contribution >= 0.6 is 11.6 Å². The molecule has 4 rings (SSSR count). The van der Waals surface area contributed by atoms with Crippen LogP contribution in [0.2, 0.25) is 5.02 Å². The van der Waals surface area contributed by atoms with Gasteiger partial charge in [0, 0.05) is 18.8 Å². The van der Waals surface area contributed by atoms with Crippen LogP contribution in [0.3, 0.4) is 0 Å². The average Bonchev–Trinajstić information content (AvgIpc) is 3.46. The standard InChI is InChI=1S/C17H19ClF3N3O2/c18-13-4-8(17(19,20)21)7-23-15(13)26-3-1-2-22-16(25)24-14-11-5-9(11)10-6-12(10)14/h4,7,9-12,14H,1-3,5-6H2,(H2,22,24,25)/t9-,10-,11-,12-/m1/s1. The minimum Gasteiger partial charge on any atom is -0.477 e. The van der Waals surface area contributed by atoms with Gasteiger partial charge >= 0.3 is 12.2 Å². The first-order valence-corrected chi connectivity index (χ1v) is 9.12. The van der Waals surface area contributed by atoms with Gasteiger partial charge in [0.2, 0.25) is 5.88 Å². The van der Waals surface area contributed by atoms with Gasteiger partial charge in [-0.2, -0.15) is 13.2 Å². The number of rotatable bonds is 6. The highest BCUT2D eigenvalue weighted by Gasteiger charge is 2.67. The molecular formula is C17H19ClF3N3O2. The third kappa shape index (κ3) is 3.56. The molecule has 3 fully saturated rings. The van der Waals surface area contributed by atoms with Crippen LogP contribution in [0.15, 0.2) is 12.3 Å². The number of pyridine rings is 1. The maximum atomic E-state index is 12.5. The summed E-state index contributed by atoms with van der Waals surface area (Å²) in [7, 11) is 0. The number of hydrogen-bond acceptors (Lipinski definition) is 3. The first-order chi connectivity index (χ1) is 12.3. The Bertz CT molecular complexity index is 699. The van der Waals surface area contributed by atoms with Gasteiger partial charge < -0.3 is 15.4 Å². The molecule has 3 aliphatic rings. The normalized spacial score (nSPS) is 31.0. The molecule has 0 unspecified atom stereocenters. The third-order valence-corrected chi connectivity index (χ3v) is 5.80. The highest BCUT2D eigenvalue weighted by molar-refractivity contribution is 6.31. The fourth-order valence-electron chi connectivity index (χ4n) is 4.15. The van der Waals surface area contributed by atoms with E-state index in [4.69, 9.17) is 16.3 Å². The molecule has 9 heteroatoms. The van der Waals surface area contributed by atoms with Crippen molar-refractivity contribution in [2.45, 2.75) is 31.5 Å². The number of nitrogens with zero attached hydrogens (tertiary/aromatic N) is 1. The third-order valence-electron chi connectivity index (χ3n) is 5.53. The molecule has 0 saturated heterocycles. The second kappa shape index (κ2) is 6.48. The van der Waals surface area contributed by atoms with Crippen molar-refractivity contribution in [2.75, 3.05) is 13.2 Å². The Hall–Kier alpha value is -1.70. The molecule has 3 saturated carbocycles. The van der Waals surface area contributed by atoms with Crippen molar-refractivity contribution in [3.05, 3.63) is 22.8 Å². The smallest absolute Gasteiger partial charge is 0.417 e. The minimum absolute atomic E-state index is 0.0466. The number of aromatic nitrogens is 1. The lowest BCUT2D eigenvalue weighted by atomic mass is 10.1. The van der Waals surface area contributed by atoms with Gasteiger partial charge in [-0.3, -0.25) is 0 Å². The van der Waals surface area contributed by atoms with Gasteiger partial charge in [-0.1, -0.05) is 11.6 Å². The van der Waals surface area contributed by atoms with E-state index in [1.54, 1.807) is 0 Å². The van der Waals surface area contributed by atoms with Crippen molar-refractivity contribution < 1.29 is 22.7 Å². The lowest BCUT2D eigenvalue weighted by Gasteiger charge is -2.16. The topological polar surface area (TPSA) is 63.2 Å². The fourth-order valence-corrected chi connectivity index (χ4v) is 4.37. The van der Waals surface area contributed by atoms with E-state index < -0.39 is 11.7 Å². The molecule has 4 atom stereocenters. The van der Waals surface area contributed by atoms with Gasteiger partial charge in [-0.25, -0.2) is 9.78 Å². The monoisotopic (exact) mass is 389 g/mol. The number of fused-ring (bicyclic) bond motifs is 3. The number of carbonyl (C=O) groups is 1. The zero-order chi connectivity index (χ0) is 18.5. The van der Waals surface area contributed by atoms with Crippen molar-refractivity contribution in [3.63, 3.8) is 0 Å². The van der Waals surface area contributed by atoms with Gasteiger partial charge in [0.15, 0.2) is 0 Å². The Morgan fingerprint density at radius 1 is 1.27 bits per heavy atom.